The van der Waals surface area contributed by atoms with E-state index in [4.69, 9.17) is 15.0 Å². The Morgan fingerprint density at radius 1 is 1.80 bits per heavy atom. The van der Waals surface area contributed by atoms with Crippen LogP contribution in [0, 0.1) is 5.53 Å². The Hall–Kier alpha value is -0.480. The minimum atomic E-state index is 0.0615. The van der Waals surface area contributed by atoms with Crippen LogP contribution in [0.25, 0.3) is 0 Å². The maximum atomic E-state index is 6.57. The molecule has 10 heavy (non-hydrogen) atoms. The van der Waals surface area contributed by atoms with Gasteiger partial charge in [0.05, 0.1) is 25.9 Å². The molecule has 1 unspecified atom stereocenters. The molecule has 1 heterocycles. The van der Waals surface area contributed by atoms with Gasteiger partial charge in [-0.1, -0.05) is 0 Å². The molecule has 0 aliphatic carbocycles. The van der Waals surface area contributed by atoms with Crippen LogP contribution in [0.2, 0.25) is 0 Å². The first-order valence-electron chi connectivity index (χ1n) is 3.39. The zero-order chi connectivity index (χ0) is 7.40. The van der Waals surface area contributed by atoms with Crippen LogP contribution >= 0.6 is 0 Å². The zero-order valence-corrected chi connectivity index (χ0v) is 6.04. The maximum absolute atomic E-state index is 6.57. The molecular weight excluding hydrogens is 132 g/mol. The SMILES string of the molecule is CC(CN=N)OC1COC1. The van der Waals surface area contributed by atoms with Gasteiger partial charge in [-0.25, -0.2) is 5.53 Å². The molecule has 4 nitrogen and oxygen atoms in total. The molecule has 0 spiro atoms. The summed E-state index contributed by atoms with van der Waals surface area (Å²) in [7, 11) is 0. The van der Waals surface area contributed by atoms with Crippen molar-refractivity contribution >= 4 is 0 Å². The van der Waals surface area contributed by atoms with Crippen molar-refractivity contribution < 1.29 is 9.47 Å². The standard InChI is InChI=1S/C6H12N2O2/c1-5(2-8-7)10-6-3-9-4-6/h5-7H,2-4H2,1H3. The van der Waals surface area contributed by atoms with E-state index in [1.165, 1.54) is 0 Å². The van der Waals surface area contributed by atoms with Crippen LogP contribution in [-0.4, -0.2) is 32.0 Å². The fourth-order valence-corrected chi connectivity index (χ4v) is 0.793. The third-order valence-electron chi connectivity index (χ3n) is 1.38. The van der Waals surface area contributed by atoms with Crippen LogP contribution in [0.5, 0.6) is 0 Å². The molecule has 0 aromatic heterocycles. The summed E-state index contributed by atoms with van der Waals surface area (Å²) < 4.78 is 10.3. The van der Waals surface area contributed by atoms with E-state index in [0.29, 0.717) is 19.8 Å². The van der Waals surface area contributed by atoms with Gasteiger partial charge in [-0.2, -0.15) is 5.11 Å². The summed E-state index contributed by atoms with van der Waals surface area (Å²) in [5.74, 6) is 0. The molecule has 1 aliphatic heterocycles. The Morgan fingerprint density at radius 3 is 2.90 bits per heavy atom. The number of hydrogen-bond acceptors (Lipinski definition) is 4. The molecule has 1 N–H and O–H groups in total. The molecule has 0 bridgehead atoms. The number of hydrogen-bond donors (Lipinski definition) is 1. The molecule has 1 saturated heterocycles. The molecule has 0 amide bonds. The number of ether oxygens (including phenoxy) is 2. The summed E-state index contributed by atoms with van der Waals surface area (Å²) >= 11 is 0. The Bertz CT molecular complexity index is 114. The topological polar surface area (TPSA) is 54.7 Å². The molecule has 0 aromatic carbocycles. The van der Waals surface area contributed by atoms with Crippen molar-refractivity contribution in [2.24, 2.45) is 5.11 Å². The highest BCUT2D eigenvalue weighted by molar-refractivity contribution is 4.66. The van der Waals surface area contributed by atoms with E-state index < -0.39 is 0 Å². The summed E-state index contributed by atoms with van der Waals surface area (Å²) in [4.78, 5) is 0. The van der Waals surface area contributed by atoms with E-state index in [9.17, 15) is 0 Å². The summed E-state index contributed by atoms with van der Waals surface area (Å²) in [5.41, 5.74) is 6.57. The quantitative estimate of drug-likeness (QED) is 0.594. The second kappa shape index (κ2) is 3.63. The third kappa shape index (κ3) is 2.04. The number of nitrogens with zero attached hydrogens (tertiary/aromatic N) is 1. The summed E-state index contributed by atoms with van der Waals surface area (Å²) in [6.07, 6.45) is 0.308. The van der Waals surface area contributed by atoms with Crippen LogP contribution in [0.4, 0.5) is 0 Å². The van der Waals surface area contributed by atoms with Crippen molar-refractivity contribution in [2.75, 3.05) is 19.8 Å². The van der Waals surface area contributed by atoms with E-state index in [2.05, 4.69) is 5.11 Å². The van der Waals surface area contributed by atoms with Crippen molar-refractivity contribution in [3.8, 4) is 0 Å². The molecule has 0 saturated carbocycles. The lowest BCUT2D eigenvalue weighted by molar-refractivity contribution is -0.148. The van der Waals surface area contributed by atoms with Crippen molar-refractivity contribution in [3.63, 3.8) is 0 Å². The molecular formula is C6H12N2O2. The highest BCUT2D eigenvalue weighted by atomic mass is 16.6. The van der Waals surface area contributed by atoms with Gasteiger partial charge in [0.1, 0.15) is 6.10 Å². The van der Waals surface area contributed by atoms with E-state index in [0.717, 1.165) is 0 Å². The normalized spacial score (nSPS) is 21.7. The fourth-order valence-electron chi connectivity index (χ4n) is 0.793. The van der Waals surface area contributed by atoms with Crippen molar-refractivity contribution in [1.29, 1.82) is 5.53 Å². The average Bonchev–Trinajstić information content (AvgIpc) is 1.80. The van der Waals surface area contributed by atoms with Gasteiger partial charge < -0.3 is 9.47 Å². The average molecular weight is 144 g/mol. The summed E-state index contributed by atoms with van der Waals surface area (Å²) in [6.45, 7) is 3.76. The molecule has 1 rings (SSSR count). The predicted molar refractivity (Wildman–Crippen MR) is 35.2 cm³/mol. The van der Waals surface area contributed by atoms with E-state index in [1.807, 2.05) is 6.92 Å². The molecule has 4 heteroatoms. The first kappa shape index (κ1) is 7.63. The van der Waals surface area contributed by atoms with Crippen molar-refractivity contribution in [3.05, 3.63) is 0 Å². The van der Waals surface area contributed by atoms with Crippen LogP contribution in [-0.2, 0) is 9.47 Å². The minimum absolute atomic E-state index is 0.0615. The molecule has 58 valence electrons. The number of rotatable bonds is 4. The van der Waals surface area contributed by atoms with Gasteiger partial charge in [0.2, 0.25) is 0 Å². The van der Waals surface area contributed by atoms with Gasteiger partial charge in [0.25, 0.3) is 0 Å². The molecule has 1 fully saturated rings. The van der Waals surface area contributed by atoms with Gasteiger partial charge in [0.15, 0.2) is 0 Å². The van der Waals surface area contributed by atoms with Gasteiger partial charge in [-0.3, -0.25) is 0 Å². The lowest BCUT2D eigenvalue weighted by Gasteiger charge is -2.28. The Kier molecular flexibility index (Phi) is 2.77. The largest absolute Gasteiger partial charge is 0.376 e. The molecule has 1 atom stereocenters. The highest BCUT2D eigenvalue weighted by Crippen LogP contribution is 2.08. The predicted octanol–water partition coefficient (Wildman–Crippen LogP) is 0.821. The molecule has 1 aliphatic rings. The Balaban J connectivity index is 2.04. The summed E-state index contributed by atoms with van der Waals surface area (Å²) in [6, 6.07) is 0. The zero-order valence-electron chi connectivity index (χ0n) is 6.04. The number of nitrogens with one attached hydrogen (secondary N) is 1. The third-order valence-corrected chi connectivity index (χ3v) is 1.38. The smallest absolute Gasteiger partial charge is 0.105 e. The molecule has 0 radical (unpaired) electrons. The van der Waals surface area contributed by atoms with Gasteiger partial charge in [-0.15, -0.1) is 0 Å². The van der Waals surface area contributed by atoms with Gasteiger partial charge >= 0.3 is 0 Å². The van der Waals surface area contributed by atoms with Crippen LogP contribution in [0.3, 0.4) is 0 Å². The van der Waals surface area contributed by atoms with E-state index in [1.54, 1.807) is 0 Å². The fraction of sp³-hybridized carbons (Fsp3) is 1.00. The first-order chi connectivity index (χ1) is 4.83. The second-order valence-electron chi connectivity index (χ2n) is 2.45. The van der Waals surface area contributed by atoms with Gasteiger partial charge in [0, 0.05) is 0 Å². The van der Waals surface area contributed by atoms with Crippen LogP contribution in [0.15, 0.2) is 5.11 Å². The lowest BCUT2D eigenvalue weighted by Crippen LogP contribution is -2.39. The van der Waals surface area contributed by atoms with Crippen LogP contribution in [0.1, 0.15) is 6.92 Å². The monoisotopic (exact) mass is 144 g/mol. The Morgan fingerprint density at radius 2 is 2.50 bits per heavy atom. The molecule has 0 aromatic rings. The maximum Gasteiger partial charge on any atom is 0.105 e. The highest BCUT2D eigenvalue weighted by Gasteiger charge is 2.20. The van der Waals surface area contributed by atoms with Crippen LogP contribution < -0.4 is 0 Å². The minimum Gasteiger partial charge on any atom is -0.376 e. The first-order valence-corrected chi connectivity index (χ1v) is 3.39. The lowest BCUT2D eigenvalue weighted by atomic mass is 10.3. The summed E-state index contributed by atoms with van der Waals surface area (Å²) in [5, 5.41) is 3.23. The second-order valence-corrected chi connectivity index (χ2v) is 2.45. The van der Waals surface area contributed by atoms with Gasteiger partial charge in [-0.05, 0) is 6.92 Å². The van der Waals surface area contributed by atoms with Crippen molar-refractivity contribution in [1.82, 2.24) is 0 Å². The Labute approximate surface area is 60.0 Å². The van der Waals surface area contributed by atoms with E-state index in [-0.39, 0.29) is 12.2 Å². The van der Waals surface area contributed by atoms with E-state index >= 15 is 0 Å². The van der Waals surface area contributed by atoms with Crippen molar-refractivity contribution in [2.45, 2.75) is 19.1 Å².